The molecule has 3 rings (SSSR count). The second kappa shape index (κ2) is 3.23. The first kappa shape index (κ1) is 11.0. The van der Waals surface area contributed by atoms with Gasteiger partial charge >= 0.3 is 5.69 Å². The highest BCUT2D eigenvalue weighted by Crippen LogP contribution is 2.46. The zero-order valence-electron chi connectivity index (χ0n) is 9.23. The number of sulfone groups is 1. The van der Waals surface area contributed by atoms with Gasteiger partial charge in [0.1, 0.15) is 0 Å². The molecule has 0 atom stereocenters. The van der Waals surface area contributed by atoms with Gasteiger partial charge in [0.2, 0.25) is 0 Å². The van der Waals surface area contributed by atoms with Crippen molar-refractivity contribution < 1.29 is 8.42 Å². The Labute approximate surface area is 102 Å². The molecular weight excluding hydrogens is 254 g/mol. The van der Waals surface area contributed by atoms with Gasteiger partial charge in [0.05, 0.1) is 22.0 Å². The van der Waals surface area contributed by atoms with E-state index < -0.39 is 14.6 Å². The lowest BCUT2D eigenvalue weighted by Crippen LogP contribution is -2.21. The Kier molecular flexibility index (Phi) is 1.98. The Balaban J connectivity index is 2.21. The fourth-order valence-corrected chi connectivity index (χ4v) is 3.69. The number of aromatic nitrogens is 2. The summed E-state index contributed by atoms with van der Waals surface area (Å²) in [5.74, 6) is 0. The molecule has 0 spiro atoms. The minimum absolute atomic E-state index is 0.0734. The zero-order valence-corrected chi connectivity index (χ0v) is 10.0. The molecule has 2 aromatic rings. The minimum atomic E-state index is -3.66. The number of imidazole rings is 1. The maximum Gasteiger partial charge on any atom is 0.323 e. The van der Waals surface area contributed by atoms with Crippen LogP contribution in [-0.4, -0.2) is 23.1 Å². The quantitative estimate of drug-likeness (QED) is 0.831. The molecule has 18 heavy (non-hydrogen) atoms. The number of hydrogen-bond acceptors (Lipinski definition) is 4. The summed E-state index contributed by atoms with van der Waals surface area (Å²) in [6, 6.07) is 6.20. The smallest absolute Gasteiger partial charge is 0.306 e. The summed E-state index contributed by atoms with van der Waals surface area (Å²) >= 11 is 0. The molecule has 1 heterocycles. The number of rotatable bonds is 2. The van der Waals surface area contributed by atoms with E-state index in [1.807, 2.05) is 6.07 Å². The summed E-state index contributed by atoms with van der Waals surface area (Å²) in [6.45, 7) is 0. The number of H-pyrrole nitrogens is 2. The van der Waals surface area contributed by atoms with Gasteiger partial charge in [0.15, 0.2) is 14.6 Å². The van der Waals surface area contributed by atoms with Gasteiger partial charge in [-0.1, -0.05) is 0 Å². The third-order valence-electron chi connectivity index (χ3n) is 3.22. The molecule has 0 radical (unpaired) electrons. The highest BCUT2D eigenvalue weighted by atomic mass is 32.2. The van der Waals surface area contributed by atoms with Gasteiger partial charge in [-0.2, -0.15) is 5.26 Å². The van der Waals surface area contributed by atoms with Crippen LogP contribution in [0.2, 0.25) is 0 Å². The van der Waals surface area contributed by atoms with Crippen LogP contribution in [-0.2, 0) is 9.84 Å². The molecule has 0 aliphatic heterocycles. The van der Waals surface area contributed by atoms with Gasteiger partial charge in [-0.05, 0) is 31.0 Å². The lowest BCUT2D eigenvalue weighted by atomic mass is 10.3. The second-order valence-corrected chi connectivity index (χ2v) is 6.66. The molecule has 1 saturated carbocycles. The SMILES string of the molecule is N#CC1(S(=O)(=O)c2ccc3[nH]c(=O)[nH]c3c2)CC1. The monoisotopic (exact) mass is 263 g/mol. The number of nitriles is 1. The van der Waals surface area contributed by atoms with Crippen molar-refractivity contribution in [2.24, 2.45) is 0 Å². The number of nitrogens with one attached hydrogen (secondary N) is 2. The number of hydrogen-bond donors (Lipinski definition) is 2. The molecule has 1 aliphatic rings. The van der Waals surface area contributed by atoms with E-state index in [4.69, 9.17) is 5.26 Å². The predicted molar refractivity (Wildman–Crippen MR) is 63.7 cm³/mol. The molecule has 2 N–H and O–H groups in total. The normalized spacial score (nSPS) is 17.5. The zero-order chi connectivity index (χ0) is 13.0. The standard InChI is InChI=1S/C11H9N3O3S/c12-6-11(3-4-11)18(16,17)7-1-2-8-9(5-7)14-10(15)13-8/h1-2,5H,3-4H2,(H2,13,14,15). The Morgan fingerprint density at radius 1 is 1.22 bits per heavy atom. The fraction of sp³-hybridized carbons (Fsp3) is 0.273. The van der Waals surface area contributed by atoms with Crippen molar-refractivity contribution in [1.29, 1.82) is 5.26 Å². The highest BCUT2D eigenvalue weighted by molar-refractivity contribution is 7.93. The molecule has 0 saturated heterocycles. The van der Waals surface area contributed by atoms with E-state index in [1.165, 1.54) is 18.2 Å². The second-order valence-electron chi connectivity index (χ2n) is 4.40. The van der Waals surface area contributed by atoms with Gasteiger partial charge in [0, 0.05) is 0 Å². The fourth-order valence-electron chi connectivity index (χ4n) is 1.96. The van der Waals surface area contributed by atoms with E-state index in [0.717, 1.165) is 0 Å². The molecule has 1 aliphatic carbocycles. The Bertz CT molecular complexity index is 834. The maximum atomic E-state index is 12.3. The van der Waals surface area contributed by atoms with Crippen molar-refractivity contribution in [3.8, 4) is 6.07 Å². The Hall–Kier alpha value is -2.07. The Morgan fingerprint density at radius 2 is 1.89 bits per heavy atom. The van der Waals surface area contributed by atoms with Crippen LogP contribution in [0.1, 0.15) is 12.8 Å². The van der Waals surface area contributed by atoms with Gasteiger partial charge in [0.25, 0.3) is 0 Å². The summed E-state index contributed by atoms with van der Waals surface area (Å²) in [6.07, 6.45) is 0.737. The van der Waals surface area contributed by atoms with Crippen LogP contribution >= 0.6 is 0 Å². The molecule has 1 fully saturated rings. The van der Waals surface area contributed by atoms with Crippen molar-refractivity contribution in [2.45, 2.75) is 22.5 Å². The molecule has 0 amide bonds. The summed E-state index contributed by atoms with van der Waals surface area (Å²) in [5.41, 5.74) is 0.580. The van der Waals surface area contributed by atoms with E-state index in [0.29, 0.717) is 23.9 Å². The van der Waals surface area contributed by atoms with Crippen LogP contribution in [0, 0.1) is 11.3 Å². The summed E-state index contributed by atoms with van der Waals surface area (Å²) in [5, 5.41) is 8.98. The van der Waals surface area contributed by atoms with Gasteiger partial charge in [-0.25, -0.2) is 13.2 Å². The van der Waals surface area contributed by atoms with Crippen molar-refractivity contribution >= 4 is 20.9 Å². The molecule has 7 heteroatoms. The lowest BCUT2D eigenvalue weighted by Gasteiger charge is -2.08. The van der Waals surface area contributed by atoms with E-state index in [2.05, 4.69) is 9.97 Å². The molecule has 0 unspecified atom stereocenters. The molecular formula is C11H9N3O3S. The molecule has 0 bridgehead atoms. The van der Waals surface area contributed by atoms with Crippen molar-refractivity contribution in [3.05, 3.63) is 28.7 Å². The van der Waals surface area contributed by atoms with Crippen molar-refractivity contribution in [1.82, 2.24) is 9.97 Å². The first-order valence-corrected chi connectivity index (χ1v) is 6.85. The van der Waals surface area contributed by atoms with Crippen LogP contribution in [0.25, 0.3) is 11.0 Å². The van der Waals surface area contributed by atoms with Gasteiger partial charge in [-0.15, -0.1) is 0 Å². The number of aromatic amines is 2. The van der Waals surface area contributed by atoms with Crippen molar-refractivity contribution in [2.75, 3.05) is 0 Å². The van der Waals surface area contributed by atoms with Crippen LogP contribution < -0.4 is 5.69 Å². The number of fused-ring (bicyclic) bond motifs is 1. The maximum absolute atomic E-state index is 12.3. The van der Waals surface area contributed by atoms with E-state index in [1.54, 1.807) is 0 Å². The van der Waals surface area contributed by atoms with Crippen LogP contribution in [0.15, 0.2) is 27.9 Å². The summed E-state index contributed by atoms with van der Waals surface area (Å²) in [7, 11) is -3.66. The molecule has 1 aromatic heterocycles. The molecule has 6 nitrogen and oxygen atoms in total. The predicted octanol–water partition coefficient (Wildman–Crippen LogP) is 0.686. The molecule has 92 valence electrons. The average molecular weight is 263 g/mol. The Morgan fingerprint density at radius 3 is 2.50 bits per heavy atom. The molecule has 1 aromatic carbocycles. The number of nitrogens with zero attached hydrogens (tertiary/aromatic N) is 1. The highest BCUT2D eigenvalue weighted by Gasteiger charge is 2.56. The first-order valence-electron chi connectivity index (χ1n) is 5.36. The van der Waals surface area contributed by atoms with E-state index >= 15 is 0 Å². The minimum Gasteiger partial charge on any atom is -0.306 e. The topological polar surface area (TPSA) is 107 Å². The third kappa shape index (κ3) is 1.32. The third-order valence-corrected chi connectivity index (χ3v) is 5.62. The number of benzene rings is 1. The largest absolute Gasteiger partial charge is 0.323 e. The van der Waals surface area contributed by atoms with E-state index in [9.17, 15) is 13.2 Å². The van der Waals surface area contributed by atoms with Gasteiger partial charge in [-0.3, -0.25) is 0 Å². The summed E-state index contributed by atoms with van der Waals surface area (Å²) < 4.78 is 23.3. The lowest BCUT2D eigenvalue weighted by molar-refractivity contribution is 0.588. The van der Waals surface area contributed by atoms with Crippen molar-refractivity contribution in [3.63, 3.8) is 0 Å². The average Bonchev–Trinajstić information content (AvgIpc) is 3.05. The van der Waals surface area contributed by atoms with Crippen LogP contribution in [0.5, 0.6) is 0 Å². The van der Waals surface area contributed by atoms with E-state index in [-0.39, 0.29) is 10.6 Å². The van der Waals surface area contributed by atoms with Crippen LogP contribution in [0.4, 0.5) is 0 Å². The van der Waals surface area contributed by atoms with Gasteiger partial charge < -0.3 is 9.97 Å². The van der Waals surface area contributed by atoms with Crippen LogP contribution in [0.3, 0.4) is 0 Å². The summed E-state index contributed by atoms with van der Waals surface area (Å²) in [4.78, 5) is 16.2. The first-order chi connectivity index (χ1) is 8.48.